The first-order valence-corrected chi connectivity index (χ1v) is 8.08. The predicted molar refractivity (Wildman–Crippen MR) is 91.5 cm³/mol. The summed E-state index contributed by atoms with van der Waals surface area (Å²) in [5, 5.41) is -0.257. The van der Waals surface area contributed by atoms with Gasteiger partial charge in [-0.1, -0.05) is 31.4 Å². The lowest BCUT2D eigenvalue weighted by Gasteiger charge is -2.38. The Balaban J connectivity index is 0.00000264. The van der Waals surface area contributed by atoms with Gasteiger partial charge in [0.2, 0.25) is 0 Å². The number of alkyl halides is 3. The van der Waals surface area contributed by atoms with Crippen LogP contribution in [0.15, 0.2) is 18.2 Å². The summed E-state index contributed by atoms with van der Waals surface area (Å²) in [5.74, 6) is 0.332. The van der Waals surface area contributed by atoms with Crippen LogP contribution in [0.4, 0.5) is 18.9 Å². The van der Waals surface area contributed by atoms with E-state index in [1.807, 2.05) is 4.90 Å². The Kier molecular flexibility index (Phi) is 7.49. The molecule has 7 heteroatoms. The second-order valence-corrected chi connectivity index (χ2v) is 6.37. The minimum atomic E-state index is -4.43. The van der Waals surface area contributed by atoms with Crippen LogP contribution in [0.1, 0.15) is 38.2 Å². The van der Waals surface area contributed by atoms with Crippen LogP contribution in [0.3, 0.4) is 0 Å². The monoisotopic (exact) mass is 370 g/mol. The number of hydrogen-bond acceptors (Lipinski definition) is 2. The highest BCUT2D eigenvalue weighted by Crippen LogP contribution is 2.37. The van der Waals surface area contributed by atoms with Crippen LogP contribution in [0.2, 0.25) is 5.02 Å². The van der Waals surface area contributed by atoms with Gasteiger partial charge in [0.05, 0.1) is 10.6 Å². The molecule has 23 heavy (non-hydrogen) atoms. The van der Waals surface area contributed by atoms with Crippen LogP contribution in [-0.4, -0.2) is 19.1 Å². The zero-order valence-electron chi connectivity index (χ0n) is 13.1. The topological polar surface area (TPSA) is 29.3 Å². The molecule has 0 aromatic heterocycles. The lowest BCUT2D eigenvalue weighted by molar-refractivity contribution is -0.137. The van der Waals surface area contributed by atoms with Crippen molar-refractivity contribution in [3.8, 4) is 0 Å². The van der Waals surface area contributed by atoms with Gasteiger partial charge in [-0.15, -0.1) is 12.4 Å². The van der Waals surface area contributed by atoms with E-state index in [9.17, 15) is 13.2 Å². The van der Waals surface area contributed by atoms with Crippen LogP contribution in [0.25, 0.3) is 0 Å². The molecule has 0 radical (unpaired) electrons. The fourth-order valence-corrected chi connectivity index (χ4v) is 3.21. The van der Waals surface area contributed by atoms with E-state index < -0.39 is 11.7 Å². The number of halogens is 5. The summed E-state index contributed by atoms with van der Waals surface area (Å²) in [6, 6.07) is 4.27. The highest BCUT2D eigenvalue weighted by atomic mass is 35.5. The highest BCUT2D eigenvalue weighted by molar-refractivity contribution is 6.31. The van der Waals surface area contributed by atoms with Gasteiger partial charge in [-0.25, -0.2) is 0 Å². The SMILES string of the molecule is CCCC[C@H]1CN(c2ccc(Cl)c(C(F)(F)F)c2)CC[C@H]1N.Cl. The van der Waals surface area contributed by atoms with Crippen molar-refractivity contribution in [2.75, 3.05) is 18.0 Å². The smallest absolute Gasteiger partial charge is 0.371 e. The molecular formula is C16H23Cl2F3N2. The largest absolute Gasteiger partial charge is 0.417 e. The van der Waals surface area contributed by atoms with Crippen molar-refractivity contribution in [3.63, 3.8) is 0 Å². The molecule has 0 bridgehead atoms. The molecule has 1 aromatic carbocycles. The number of anilines is 1. The summed E-state index contributed by atoms with van der Waals surface area (Å²) in [4.78, 5) is 2.00. The Bertz CT molecular complexity index is 509. The molecule has 1 aliphatic heterocycles. The Labute approximate surface area is 146 Å². The van der Waals surface area contributed by atoms with E-state index in [0.29, 0.717) is 24.7 Å². The highest BCUT2D eigenvalue weighted by Gasteiger charge is 2.34. The van der Waals surface area contributed by atoms with Gasteiger partial charge in [-0.05, 0) is 37.0 Å². The van der Waals surface area contributed by atoms with Gasteiger partial charge >= 0.3 is 6.18 Å². The van der Waals surface area contributed by atoms with Crippen LogP contribution in [0.5, 0.6) is 0 Å². The Hall–Kier alpha value is -0.650. The lowest BCUT2D eigenvalue weighted by atomic mass is 9.88. The fourth-order valence-electron chi connectivity index (χ4n) is 2.98. The third-order valence-electron chi connectivity index (χ3n) is 4.34. The third kappa shape index (κ3) is 5.16. The average Bonchev–Trinajstić information content (AvgIpc) is 2.46. The minimum Gasteiger partial charge on any atom is -0.371 e. The third-order valence-corrected chi connectivity index (χ3v) is 4.67. The van der Waals surface area contributed by atoms with Gasteiger partial charge in [0, 0.05) is 24.8 Å². The van der Waals surface area contributed by atoms with Gasteiger partial charge < -0.3 is 10.6 Å². The van der Waals surface area contributed by atoms with Gasteiger partial charge in [-0.3, -0.25) is 0 Å². The van der Waals surface area contributed by atoms with Crippen molar-refractivity contribution < 1.29 is 13.2 Å². The molecule has 0 saturated carbocycles. The first kappa shape index (κ1) is 20.4. The summed E-state index contributed by atoms with van der Waals surface area (Å²) in [5.41, 5.74) is 5.96. The normalized spacial score (nSPS) is 21.9. The molecule has 0 spiro atoms. The van der Waals surface area contributed by atoms with E-state index in [-0.39, 0.29) is 23.5 Å². The van der Waals surface area contributed by atoms with Crippen molar-refractivity contribution >= 4 is 29.7 Å². The molecular weight excluding hydrogens is 348 g/mol. The molecule has 2 nitrogen and oxygen atoms in total. The van der Waals surface area contributed by atoms with Crippen molar-refractivity contribution in [3.05, 3.63) is 28.8 Å². The number of rotatable bonds is 4. The van der Waals surface area contributed by atoms with Crippen LogP contribution in [-0.2, 0) is 6.18 Å². The van der Waals surface area contributed by atoms with E-state index in [0.717, 1.165) is 31.7 Å². The molecule has 132 valence electrons. The van der Waals surface area contributed by atoms with E-state index in [1.54, 1.807) is 6.07 Å². The number of hydrogen-bond donors (Lipinski definition) is 1. The predicted octanol–water partition coefficient (Wildman–Crippen LogP) is 5.12. The summed E-state index contributed by atoms with van der Waals surface area (Å²) in [6.45, 7) is 3.52. The maximum Gasteiger partial charge on any atom is 0.417 e. The maximum absolute atomic E-state index is 13.0. The van der Waals surface area contributed by atoms with Gasteiger partial charge in [0.15, 0.2) is 0 Å². The van der Waals surface area contributed by atoms with Gasteiger partial charge in [0.25, 0.3) is 0 Å². The van der Waals surface area contributed by atoms with Crippen molar-refractivity contribution in [1.29, 1.82) is 0 Å². The molecule has 1 aromatic rings. The molecule has 1 fully saturated rings. The zero-order chi connectivity index (χ0) is 16.3. The van der Waals surface area contributed by atoms with E-state index in [2.05, 4.69) is 6.92 Å². The number of nitrogens with two attached hydrogens (primary N) is 1. The number of piperidine rings is 1. The number of nitrogens with zero attached hydrogens (tertiary/aromatic N) is 1. The van der Waals surface area contributed by atoms with Crippen molar-refractivity contribution in [2.24, 2.45) is 11.7 Å². The van der Waals surface area contributed by atoms with E-state index in [4.69, 9.17) is 17.3 Å². The molecule has 1 heterocycles. The molecule has 2 N–H and O–H groups in total. The zero-order valence-corrected chi connectivity index (χ0v) is 14.6. The Morgan fingerprint density at radius 3 is 2.65 bits per heavy atom. The lowest BCUT2D eigenvalue weighted by Crippen LogP contribution is -2.47. The average molecular weight is 371 g/mol. The number of benzene rings is 1. The van der Waals surface area contributed by atoms with Crippen LogP contribution < -0.4 is 10.6 Å². The van der Waals surface area contributed by atoms with Crippen LogP contribution in [0, 0.1) is 5.92 Å². The van der Waals surface area contributed by atoms with E-state index >= 15 is 0 Å². The molecule has 0 unspecified atom stereocenters. The second kappa shape index (κ2) is 8.45. The standard InChI is InChI=1S/C16H22ClF3N2.ClH/c1-2-3-4-11-10-22(8-7-15(11)21)12-5-6-14(17)13(9-12)16(18,19)20;/h5-6,9,11,15H,2-4,7-8,10,21H2,1H3;1H/t11-,15+;/m0./s1. The summed E-state index contributed by atoms with van der Waals surface area (Å²) in [7, 11) is 0. The Morgan fingerprint density at radius 1 is 1.35 bits per heavy atom. The second-order valence-electron chi connectivity index (χ2n) is 5.96. The maximum atomic E-state index is 13.0. The van der Waals surface area contributed by atoms with Crippen molar-refractivity contribution in [2.45, 2.75) is 44.8 Å². The first-order chi connectivity index (χ1) is 10.3. The van der Waals surface area contributed by atoms with Gasteiger partial charge in [0.1, 0.15) is 0 Å². The molecule has 1 aliphatic rings. The quantitative estimate of drug-likeness (QED) is 0.796. The van der Waals surface area contributed by atoms with E-state index in [1.165, 1.54) is 6.07 Å². The first-order valence-electron chi connectivity index (χ1n) is 7.70. The summed E-state index contributed by atoms with van der Waals surface area (Å²) in [6.07, 6.45) is -0.407. The van der Waals surface area contributed by atoms with Gasteiger partial charge in [-0.2, -0.15) is 13.2 Å². The van der Waals surface area contributed by atoms with Crippen LogP contribution >= 0.6 is 24.0 Å². The molecule has 0 amide bonds. The summed E-state index contributed by atoms with van der Waals surface area (Å²) >= 11 is 5.68. The fraction of sp³-hybridized carbons (Fsp3) is 0.625. The number of unbranched alkanes of at least 4 members (excludes halogenated alkanes) is 1. The minimum absolute atomic E-state index is 0. The summed E-state index contributed by atoms with van der Waals surface area (Å²) < 4.78 is 38.9. The molecule has 2 atom stereocenters. The van der Waals surface area contributed by atoms with Crippen molar-refractivity contribution in [1.82, 2.24) is 0 Å². The molecule has 0 aliphatic carbocycles. The molecule has 2 rings (SSSR count). The Morgan fingerprint density at radius 2 is 2.04 bits per heavy atom. The molecule has 1 saturated heterocycles.